The van der Waals surface area contributed by atoms with Gasteiger partial charge < -0.3 is 5.32 Å². The molecule has 0 aliphatic rings. The Bertz CT molecular complexity index is 339. The second kappa shape index (κ2) is 5.57. The van der Waals surface area contributed by atoms with Gasteiger partial charge in [0, 0.05) is 13.0 Å². The summed E-state index contributed by atoms with van der Waals surface area (Å²) in [6.45, 7) is 2.89. The molecular formula is C12H14ClN. The van der Waals surface area contributed by atoms with Crippen molar-refractivity contribution in [1.82, 2.24) is 0 Å². The van der Waals surface area contributed by atoms with Crippen molar-refractivity contribution >= 4 is 17.3 Å². The molecule has 0 unspecified atom stereocenters. The van der Waals surface area contributed by atoms with Crippen LogP contribution in [0, 0.1) is 19.3 Å². The van der Waals surface area contributed by atoms with Gasteiger partial charge in [-0.3, -0.25) is 0 Å². The number of anilines is 1. The molecule has 1 nitrogen and oxygen atoms in total. The van der Waals surface area contributed by atoms with Crippen LogP contribution in [-0.4, -0.2) is 6.54 Å². The number of rotatable bonds is 4. The van der Waals surface area contributed by atoms with E-state index in [9.17, 15) is 0 Å². The molecule has 1 aromatic rings. The van der Waals surface area contributed by atoms with Crippen molar-refractivity contribution in [3.63, 3.8) is 0 Å². The molecule has 0 aliphatic heterocycles. The first-order chi connectivity index (χ1) is 6.74. The quantitative estimate of drug-likeness (QED) is 0.589. The molecule has 0 radical (unpaired) electrons. The number of unbranched alkanes of at least 4 members (excludes halogenated alkanes) is 1. The van der Waals surface area contributed by atoms with Gasteiger partial charge in [0.15, 0.2) is 0 Å². The molecule has 0 bridgehead atoms. The van der Waals surface area contributed by atoms with Crippen molar-refractivity contribution in [3.05, 3.63) is 28.8 Å². The molecule has 0 saturated carbocycles. The first kappa shape index (κ1) is 10.9. The van der Waals surface area contributed by atoms with E-state index in [1.54, 1.807) is 0 Å². The Kier molecular flexibility index (Phi) is 4.35. The van der Waals surface area contributed by atoms with E-state index in [-0.39, 0.29) is 0 Å². The van der Waals surface area contributed by atoms with Crippen LogP contribution in [0.2, 0.25) is 5.02 Å². The van der Waals surface area contributed by atoms with Gasteiger partial charge in [-0.1, -0.05) is 17.7 Å². The molecule has 14 heavy (non-hydrogen) atoms. The van der Waals surface area contributed by atoms with Gasteiger partial charge in [0.2, 0.25) is 0 Å². The van der Waals surface area contributed by atoms with Crippen molar-refractivity contribution in [2.45, 2.75) is 19.8 Å². The van der Waals surface area contributed by atoms with Crippen molar-refractivity contribution < 1.29 is 0 Å². The van der Waals surface area contributed by atoms with Gasteiger partial charge in [-0.2, -0.15) is 0 Å². The lowest BCUT2D eigenvalue weighted by molar-refractivity contribution is 0.907. The zero-order chi connectivity index (χ0) is 10.4. The second-order valence-electron chi connectivity index (χ2n) is 3.22. The number of hydrogen-bond donors (Lipinski definition) is 1. The Morgan fingerprint density at radius 3 is 2.93 bits per heavy atom. The van der Waals surface area contributed by atoms with Gasteiger partial charge in [0.1, 0.15) is 0 Å². The molecule has 1 N–H and O–H groups in total. The molecular weight excluding hydrogens is 194 g/mol. The summed E-state index contributed by atoms with van der Waals surface area (Å²) >= 11 is 6.04. The minimum atomic E-state index is 0.769. The maximum absolute atomic E-state index is 6.04. The van der Waals surface area contributed by atoms with Crippen LogP contribution in [0.4, 0.5) is 5.69 Å². The summed E-state index contributed by atoms with van der Waals surface area (Å²) in [5, 5.41) is 4.02. The zero-order valence-corrected chi connectivity index (χ0v) is 9.06. The van der Waals surface area contributed by atoms with Crippen molar-refractivity contribution in [2.75, 3.05) is 11.9 Å². The van der Waals surface area contributed by atoms with Crippen LogP contribution in [-0.2, 0) is 0 Å². The lowest BCUT2D eigenvalue weighted by Gasteiger charge is -2.07. The Morgan fingerprint density at radius 1 is 1.50 bits per heavy atom. The third kappa shape index (κ3) is 3.32. The average molecular weight is 208 g/mol. The SMILES string of the molecule is C#CCCCNc1ccc(C)cc1Cl. The predicted octanol–water partition coefficient (Wildman–Crippen LogP) is 3.47. The van der Waals surface area contributed by atoms with Crippen LogP contribution in [0.5, 0.6) is 0 Å². The third-order valence-corrected chi connectivity index (χ3v) is 2.25. The van der Waals surface area contributed by atoms with Gasteiger partial charge in [0.25, 0.3) is 0 Å². The summed E-state index contributed by atoms with van der Waals surface area (Å²) in [6, 6.07) is 5.98. The van der Waals surface area contributed by atoms with Gasteiger partial charge in [-0.15, -0.1) is 12.3 Å². The maximum atomic E-state index is 6.04. The van der Waals surface area contributed by atoms with Gasteiger partial charge in [-0.25, -0.2) is 0 Å². The van der Waals surface area contributed by atoms with Crippen LogP contribution >= 0.6 is 11.6 Å². The average Bonchev–Trinajstić information content (AvgIpc) is 2.15. The summed E-state index contributed by atoms with van der Waals surface area (Å²) in [5.74, 6) is 2.60. The largest absolute Gasteiger partial charge is 0.384 e. The van der Waals surface area contributed by atoms with Crippen LogP contribution in [0.25, 0.3) is 0 Å². The first-order valence-corrected chi connectivity index (χ1v) is 5.05. The fourth-order valence-corrected chi connectivity index (χ4v) is 1.48. The monoisotopic (exact) mass is 207 g/mol. The normalized spacial score (nSPS) is 9.50. The van der Waals surface area contributed by atoms with Crippen LogP contribution in [0.1, 0.15) is 18.4 Å². The molecule has 1 aromatic carbocycles. The second-order valence-corrected chi connectivity index (χ2v) is 3.62. The van der Waals surface area contributed by atoms with Crippen molar-refractivity contribution in [3.8, 4) is 12.3 Å². The summed E-state index contributed by atoms with van der Waals surface area (Å²) < 4.78 is 0. The molecule has 0 fully saturated rings. The van der Waals surface area contributed by atoms with E-state index in [0.717, 1.165) is 30.1 Å². The number of hydrogen-bond acceptors (Lipinski definition) is 1. The number of nitrogens with one attached hydrogen (secondary N) is 1. The highest BCUT2D eigenvalue weighted by atomic mass is 35.5. The van der Waals surface area contributed by atoms with Crippen LogP contribution in [0.15, 0.2) is 18.2 Å². The van der Waals surface area contributed by atoms with Gasteiger partial charge in [0.05, 0.1) is 10.7 Å². The number of aryl methyl sites for hydroxylation is 1. The van der Waals surface area contributed by atoms with E-state index in [0.29, 0.717) is 0 Å². The lowest BCUT2D eigenvalue weighted by atomic mass is 10.2. The number of halogens is 1. The highest BCUT2D eigenvalue weighted by Gasteiger charge is 1.98. The third-order valence-electron chi connectivity index (χ3n) is 1.94. The van der Waals surface area contributed by atoms with Crippen molar-refractivity contribution in [2.24, 2.45) is 0 Å². The lowest BCUT2D eigenvalue weighted by Crippen LogP contribution is -2.01. The van der Waals surface area contributed by atoms with E-state index < -0.39 is 0 Å². The summed E-state index contributed by atoms with van der Waals surface area (Å²) in [7, 11) is 0. The Balaban J connectivity index is 2.47. The van der Waals surface area contributed by atoms with Gasteiger partial charge >= 0.3 is 0 Å². The summed E-state index contributed by atoms with van der Waals surface area (Å²) in [4.78, 5) is 0. The standard InChI is InChI=1S/C12H14ClN/c1-3-4-5-8-14-12-7-6-10(2)9-11(12)13/h1,6-7,9,14H,4-5,8H2,2H3. The molecule has 0 saturated heterocycles. The number of terminal acetylenes is 1. The van der Waals surface area contributed by atoms with Crippen LogP contribution in [0.3, 0.4) is 0 Å². The van der Waals surface area contributed by atoms with Crippen molar-refractivity contribution in [1.29, 1.82) is 0 Å². The Labute approximate surface area is 90.5 Å². The van der Waals surface area contributed by atoms with E-state index in [4.69, 9.17) is 18.0 Å². The predicted molar refractivity (Wildman–Crippen MR) is 62.7 cm³/mol. The molecule has 2 heteroatoms. The van der Waals surface area contributed by atoms with E-state index in [1.807, 2.05) is 25.1 Å². The zero-order valence-electron chi connectivity index (χ0n) is 8.31. The fraction of sp³-hybridized carbons (Fsp3) is 0.333. The summed E-state index contributed by atoms with van der Waals surface area (Å²) in [5.41, 5.74) is 2.15. The molecule has 0 aliphatic carbocycles. The maximum Gasteiger partial charge on any atom is 0.0640 e. The first-order valence-electron chi connectivity index (χ1n) is 4.67. The molecule has 0 amide bonds. The molecule has 0 spiro atoms. The highest BCUT2D eigenvalue weighted by molar-refractivity contribution is 6.33. The van der Waals surface area contributed by atoms with Gasteiger partial charge in [-0.05, 0) is 31.0 Å². The Morgan fingerprint density at radius 2 is 2.29 bits per heavy atom. The molecule has 0 aromatic heterocycles. The minimum Gasteiger partial charge on any atom is -0.384 e. The fourth-order valence-electron chi connectivity index (χ4n) is 1.18. The highest BCUT2D eigenvalue weighted by Crippen LogP contribution is 2.22. The van der Waals surface area contributed by atoms with E-state index in [2.05, 4.69) is 11.2 Å². The topological polar surface area (TPSA) is 12.0 Å². The molecule has 0 atom stereocenters. The molecule has 74 valence electrons. The molecule has 1 rings (SSSR count). The smallest absolute Gasteiger partial charge is 0.0640 e. The van der Waals surface area contributed by atoms with Crippen LogP contribution < -0.4 is 5.32 Å². The minimum absolute atomic E-state index is 0.769. The molecule has 0 heterocycles. The van der Waals surface area contributed by atoms with E-state index >= 15 is 0 Å². The summed E-state index contributed by atoms with van der Waals surface area (Å²) in [6.07, 6.45) is 6.93. The Hall–Kier alpha value is -1.13. The number of benzene rings is 1. The van der Waals surface area contributed by atoms with E-state index in [1.165, 1.54) is 5.56 Å².